The summed E-state index contributed by atoms with van der Waals surface area (Å²) in [6.45, 7) is 2.50. The van der Waals surface area contributed by atoms with Crippen molar-refractivity contribution < 1.29 is 17.9 Å². The first-order chi connectivity index (χ1) is 13.9. The van der Waals surface area contributed by atoms with Gasteiger partial charge in [-0.2, -0.15) is 4.31 Å². The molecule has 1 heterocycles. The summed E-state index contributed by atoms with van der Waals surface area (Å²) < 4.78 is 32.2. The quantitative estimate of drug-likeness (QED) is 0.720. The van der Waals surface area contributed by atoms with Gasteiger partial charge in [0.05, 0.1) is 17.7 Å². The van der Waals surface area contributed by atoms with Crippen LogP contribution in [0.2, 0.25) is 5.02 Å². The lowest BCUT2D eigenvalue weighted by atomic mass is 10.2. The molecule has 156 valence electrons. The van der Waals surface area contributed by atoms with E-state index in [2.05, 4.69) is 10.2 Å². The van der Waals surface area contributed by atoms with Gasteiger partial charge in [-0.25, -0.2) is 8.42 Å². The molecule has 1 saturated heterocycles. The molecule has 2 aromatic rings. The van der Waals surface area contributed by atoms with Crippen molar-refractivity contribution in [2.75, 3.05) is 45.2 Å². The molecule has 1 aliphatic rings. The van der Waals surface area contributed by atoms with Crippen LogP contribution in [0.4, 0.5) is 5.69 Å². The molecule has 2 aromatic carbocycles. The summed E-state index contributed by atoms with van der Waals surface area (Å²) in [4.78, 5) is 14.6. The number of piperazine rings is 1. The van der Waals surface area contributed by atoms with Crippen LogP contribution >= 0.6 is 11.6 Å². The fraction of sp³-hybridized carbons (Fsp3) is 0.350. The number of rotatable bonds is 7. The Morgan fingerprint density at radius 1 is 1.07 bits per heavy atom. The lowest BCUT2D eigenvalue weighted by Crippen LogP contribution is -2.49. The lowest BCUT2D eigenvalue weighted by molar-refractivity contribution is -0.116. The van der Waals surface area contributed by atoms with Gasteiger partial charge in [-0.15, -0.1) is 0 Å². The first-order valence-corrected chi connectivity index (χ1v) is 11.1. The number of amides is 1. The topological polar surface area (TPSA) is 79.0 Å². The maximum Gasteiger partial charge on any atom is 0.243 e. The molecular formula is C20H24ClN3O4S. The maximum absolute atomic E-state index is 12.7. The Kier molecular flexibility index (Phi) is 7.13. The van der Waals surface area contributed by atoms with Crippen molar-refractivity contribution in [2.24, 2.45) is 0 Å². The molecule has 3 rings (SSSR count). The van der Waals surface area contributed by atoms with Crippen LogP contribution < -0.4 is 10.1 Å². The summed E-state index contributed by atoms with van der Waals surface area (Å²) in [5.74, 6) is 0.507. The average molecular weight is 438 g/mol. The number of carbonyl (C=O) groups excluding carboxylic acids is 1. The zero-order valence-electron chi connectivity index (χ0n) is 16.2. The fourth-order valence-corrected chi connectivity index (χ4v) is 4.72. The molecule has 1 N–H and O–H groups in total. The van der Waals surface area contributed by atoms with Crippen molar-refractivity contribution in [3.63, 3.8) is 0 Å². The zero-order chi connectivity index (χ0) is 20.9. The van der Waals surface area contributed by atoms with Gasteiger partial charge in [-0.1, -0.05) is 23.7 Å². The molecule has 1 amide bonds. The number of ether oxygens (including phenoxy) is 1. The van der Waals surface area contributed by atoms with Crippen LogP contribution in [-0.2, 0) is 14.8 Å². The minimum absolute atomic E-state index is 0.106. The molecule has 9 heteroatoms. The summed E-state index contributed by atoms with van der Waals surface area (Å²) >= 11 is 5.84. The van der Waals surface area contributed by atoms with E-state index in [1.165, 1.54) is 16.4 Å². The highest BCUT2D eigenvalue weighted by atomic mass is 35.5. The second-order valence-corrected chi connectivity index (χ2v) is 9.07. The Balaban J connectivity index is 1.48. The lowest BCUT2D eigenvalue weighted by Gasteiger charge is -2.33. The second-order valence-electron chi connectivity index (χ2n) is 6.70. The molecule has 1 fully saturated rings. The summed E-state index contributed by atoms with van der Waals surface area (Å²) in [6, 6.07) is 13.4. The van der Waals surface area contributed by atoms with Gasteiger partial charge in [0.2, 0.25) is 15.9 Å². The number of anilines is 1. The number of halogens is 1. The predicted octanol–water partition coefficient (Wildman–Crippen LogP) is 2.68. The molecule has 0 radical (unpaired) electrons. The van der Waals surface area contributed by atoms with Gasteiger partial charge in [0.25, 0.3) is 0 Å². The first-order valence-electron chi connectivity index (χ1n) is 9.31. The van der Waals surface area contributed by atoms with E-state index in [9.17, 15) is 13.2 Å². The minimum atomic E-state index is -3.53. The van der Waals surface area contributed by atoms with Crippen LogP contribution in [0.25, 0.3) is 0 Å². The van der Waals surface area contributed by atoms with Crippen LogP contribution in [0.5, 0.6) is 5.75 Å². The number of carbonyl (C=O) groups is 1. The Morgan fingerprint density at radius 3 is 2.38 bits per heavy atom. The van der Waals surface area contributed by atoms with E-state index in [0.717, 1.165) is 0 Å². The molecule has 0 aromatic heterocycles. The maximum atomic E-state index is 12.7. The Labute approximate surface area is 176 Å². The van der Waals surface area contributed by atoms with Crippen molar-refractivity contribution >= 4 is 33.2 Å². The second kappa shape index (κ2) is 9.58. The van der Waals surface area contributed by atoms with E-state index in [1.54, 1.807) is 31.4 Å². The van der Waals surface area contributed by atoms with Gasteiger partial charge >= 0.3 is 0 Å². The highest BCUT2D eigenvalue weighted by Gasteiger charge is 2.28. The standard InChI is InChI=1S/C20H24ClN3O4S/c1-28-19-5-3-2-4-18(19)22-20(25)10-11-23-12-14-24(15-13-23)29(26,27)17-8-6-16(21)7-9-17/h2-9H,10-15H2,1H3,(H,22,25). The van der Waals surface area contributed by atoms with E-state index in [0.29, 0.717) is 55.6 Å². The summed E-state index contributed by atoms with van der Waals surface area (Å²) in [6.07, 6.45) is 0.321. The SMILES string of the molecule is COc1ccccc1NC(=O)CCN1CCN(S(=O)(=O)c2ccc(Cl)cc2)CC1. The van der Waals surface area contributed by atoms with Gasteiger partial charge in [0.1, 0.15) is 5.75 Å². The van der Waals surface area contributed by atoms with Crippen LogP contribution in [0.1, 0.15) is 6.42 Å². The molecular weight excluding hydrogens is 414 g/mol. The summed E-state index contributed by atoms with van der Waals surface area (Å²) in [5, 5.41) is 3.35. The van der Waals surface area contributed by atoms with Gasteiger partial charge in [0, 0.05) is 44.2 Å². The third-order valence-electron chi connectivity index (χ3n) is 4.82. The molecule has 7 nitrogen and oxygen atoms in total. The van der Waals surface area contributed by atoms with Crippen LogP contribution in [0, 0.1) is 0 Å². The number of para-hydroxylation sites is 2. The first kappa shape index (κ1) is 21.6. The molecule has 0 spiro atoms. The van der Waals surface area contributed by atoms with E-state index in [-0.39, 0.29) is 10.8 Å². The molecule has 0 bridgehead atoms. The fourth-order valence-electron chi connectivity index (χ4n) is 3.17. The number of benzene rings is 2. The molecule has 29 heavy (non-hydrogen) atoms. The highest BCUT2D eigenvalue weighted by molar-refractivity contribution is 7.89. The Bertz CT molecular complexity index is 942. The van der Waals surface area contributed by atoms with E-state index in [1.807, 2.05) is 12.1 Å². The third kappa shape index (κ3) is 5.48. The largest absolute Gasteiger partial charge is 0.495 e. The molecule has 0 unspecified atom stereocenters. The minimum Gasteiger partial charge on any atom is -0.495 e. The Hall–Kier alpha value is -2.13. The van der Waals surface area contributed by atoms with E-state index < -0.39 is 10.0 Å². The predicted molar refractivity (Wildman–Crippen MR) is 113 cm³/mol. The smallest absolute Gasteiger partial charge is 0.243 e. The number of methoxy groups -OCH3 is 1. The Morgan fingerprint density at radius 2 is 1.72 bits per heavy atom. The third-order valence-corrected chi connectivity index (χ3v) is 6.98. The van der Waals surface area contributed by atoms with Gasteiger partial charge < -0.3 is 15.0 Å². The number of sulfonamides is 1. The normalized spacial score (nSPS) is 15.8. The summed E-state index contributed by atoms with van der Waals surface area (Å²) in [7, 11) is -1.97. The van der Waals surface area contributed by atoms with Gasteiger partial charge in [-0.05, 0) is 36.4 Å². The molecule has 1 aliphatic heterocycles. The number of hydrogen-bond acceptors (Lipinski definition) is 5. The highest BCUT2D eigenvalue weighted by Crippen LogP contribution is 2.23. The monoisotopic (exact) mass is 437 g/mol. The molecule has 0 atom stereocenters. The van der Waals surface area contributed by atoms with Crippen LogP contribution in [0.3, 0.4) is 0 Å². The van der Waals surface area contributed by atoms with Gasteiger partial charge in [-0.3, -0.25) is 4.79 Å². The van der Waals surface area contributed by atoms with Gasteiger partial charge in [0.15, 0.2) is 0 Å². The summed E-state index contributed by atoms with van der Waals surface area (Å²) in [5.41, 5.74) is 0.638. The van der Waals surface area contributed by atoms with Crippen LogP contribution in [0.15, 0.2) is 53.4 Å². The average Bonchev–Trinajstić information content (AvgIpc) is 2.73. The van der Waals surface area contributed by atoms with Crippen molar-refractivity contribution in [2.45, 2.75) is 11.3 Å². The van der Waals surface area contributed by atoms with Crippen molar-refractivity contribution in [3.05, 3.63) is 53.6 Å². The van der Waals surface area contributed by atoms with Crippen LogP contribution in [-0.4, -0.2) is 63.4 Å². The number of nitrogens with one attached hydrogen (secondary N) is 1. The number of hydrogen-bond donors (Lipinski definition) is 1. The van der Waals surface area contributed by atoms with E-state index >= 15 is 0 Å². The zero-order valence-corrected chi connectivity index (χ0v) is 17.7. The molecule has 0 aliphatic carbocycles. The molecule has 0 saturated carbocycles. The van der Waals surface area contributed by atoms with Crippen molar-refractivity contribution in [3.8, 4) is 5.75 Å². The van der Waals surface area contributed by atoms with E-state index in [4.69, 9.17) is 16.3 Å². The number of nitrogens with zero attached hydrogens (tertiary/aromatic N) is 2. The van der Waals surface area contributed by atoms with Crippen molar-refractivity contribution in [1.29, 1.82) is 0 Å². The van der Waals surface area contributed by atoms with Crippen molar-refractivity contribution in [1.82, 2.24) is 9.21 Å².